The molecule has 1 amide bonds. The third-order valence-corrected chi connectivity index (χ3v) is 4.04. The van der Waals surface area contributed by atoms with Gasteiger partial charge in [0.2, 0.25) is 5.91 Å². The number of methoxy groups -OCH3 is 1. The predicted octanol–water partition coefficient (Wildman–Crippen LogP) is 1.85. The van der Waals surface area contributed by atoms with E-state index in [-0.39, 0.29) is 11.9 Å². The standard InChI is InChI=1S/C16H24N2O3/c1-10(2)12-6-5-11(9-14(12)21-4)18(3)13-7-8-15(19)17-16(13)20/h5-6,9-10,13,15,19H,7-8H2,1-4H3,(H,17,20). The first-order valence-electron chi connectivity index (χ1n) is 7.33. The highest BCUT2D eigenvalue weighted by atomic mass is 16.5. The fraction of sp³-hybridized carbons (Fsp3) is 0.562. The molecule has 0 aromatic heterocycles. The highest BCUT2D eigenvalue weighted by Gasteiger charge is 2.30. The van der Waals surface area contributed by atoms with Crippen LogP contribution >= 0.6 is 0 Å². The molecule has 1 heterocycles. The Balaban J connectivity index is 2.23. The molecule has 5 heteroatoms. The van der Waals surface area contributed by atoms with E-state index in [0.29, 0.717) is 18.8 Å². The van der Waals surface area contributed by atoms with Gasteiger partial charge in [0, 0.05) is 18.8 Å². The zero-order valence-electron chi connectivity index (χ0n) is 13.1. The molecule has 1 aliphatic rings. The number of likely N-dealkylation sites (N-methyl/N-ethyl adjacent to an activating group) is 1. The summed E-state index contributed by atoms with van der Waals surface area (Å²) < 4.78 is 5.46. The molecule has 1 aliphatic heterocycles. The van der Waals surface area contributed by atoms with Crippen LogP contribution in [0.15, 0.2) is 18.2 Å². The molecule has 0 saturated carbocycles. The first-order chi connectivity index (χ1) is 9.93. The lowest BCUT2D eigenvalue weighted by atomic mass is 10.00. The Hall–Kier alpha value is -1.75. The topological polar surface area (TPSA) is 61.8 Å². The highest BCUT2D eigenvalue weighted by Crippen LogP contribution is 2.31. The molecule has 1 fully saturated rings. The molecule has 2 N–H and O–H groups in total. The Morgan fingerprint density at radius 1 is 1.38 bits per heavy atom. The number of amides is 1. The summed E-state index contributed by atoms with van der Waals surface area (Å²) in [5.74, 6) is 1.08. The number of carbonyl (C=O) groups excluding carboxylic acids is 1. The number of hydrogen-bond donors (Lipinski definition) is 2. The quantitative estimate of drug-likeness (QED) is 0.889. The number of anilines is 1. The van der Waals surface area contributed by atoms with Gasteiger partial charge < -0.3 is 20.1 Å². The van der Waals surface area contributed by atoms with E-state index in [9.17, 15) is 9.90 Å². The minimum Gasteiger partial charge on any atom is -0.496 e. The Morgan fingerprint density at radius 3 is 2.67 bits per heavy atom. The van der Waals surface area contributed by atoms with Crippen molar-refractivity contribution in [2.45, 2.75) is 44.9 Å². The van der Waals surface area contributed by atoms with Crippen molar-refractivity contribution in [1.82, 2.24) is 5.32 Å². The van der Waals surface area contributed by atoms with Crippen LogP contribution in [0.5, 0.6) is 5.75 Å². The summed E-state index contributed by atoms with van der Waals surface area (Å²) in [6, 6.07) is 5.76. The Morgan fingerprint density at radius 2 is 2.10 bits per heavy atom. The number of ether oxygens (including phenoxy) is 1. The number of carbonyl (C=O) groups is 1. The molecular formula is C16H24N2O3. The van der Waals surface area contributed by atoms with E-state index in [4.69, 9.17) is 4.74 Å². The number of hydrogen-bond acceptors (Lipinski definition) is 4. The Labute approximate surface area is 125 Å². The lowest BCUT2D eigenvalue weighted by Gasteiger charge is -2.34. The summed E-state index contributed by atoms with van der Waals surface area (Å²) in [5.41, 5.74) is 2.09. The first kappa shape index (κ1) is 15.6. The van der Waals surface area contributed by atoms with Gasteiger partial charge in [-0.1, -0.05) is 19.9 Å². The molecule has 0 spiro atoms. The second kappa shape index (κ2) is 6.35. The third-order valence-electron chi connectivity index (χ3n) is 4.04. The van der Waals surface area contributed by atoms with Crippen molar-refractivity contribution >= 4 is 11.6 Å². The summed E-state index contributed by atoms with van der Waals surface area (Å²) in [4.78, 5) is 13.9. The van der Waals surface area contributed by atoms with Crippen molar-refractivity contribution in [3.8, 4) is 5.75 Å². The van der Waals surface area contributed by atoms with Gasteiger partial charge >= 0.3 is 0 Å². The average Bonchev–Trinajstić information content (AvgIpc) is 2.45. The van der Waals surface area contributed by atoms with Gasteiger partial charge in [-0.2, -0.15) is 0 Å². The van der Waals surface area contributed by atoms with Crippen molar-refractivity contribution < 1.29 is 14.6 Å². The van der Waals surface area contributed by atoms with Crippen LogP contribution in [0.1, 0.15) is 38.2 Å². The largest absolute Gasteiger partial charge is 0.496 e. The van der Waals surface area contributed by atoms with Crippen molar-refractivity contribution in [1.29, 1.82) is 0 Å². The number of aliphatic hydroxyl groups is 1. The predicted molar refractivity (Wildman–Crippen MR) is 82.7 cm³/mol. The molecule has 21 heavy (non-hydrogen) atoms. The SMILES string of the molecule is COc1cc(N(C)C2CCC(O)NC2=O)ccc1C(C)C. The number of nitrogens with one attached hydrogen (secondary N) is 1. The van der Waals surface area contributed by atoms with Gasteiger partial charge in [-0.05, 0) is 30.4 Å². The van der Waals surface area contributed by atoms with Gasteiger partial charge in [-0.15, -0.1) is 0 Å². The van der Waals surface area contributed by atoms with E-state index in [1.165, 1.54) is 0 Å². The summed E-state index contributed by atoms with van der Waals surface area (Å²) in [6.45, 7) is 4.24. The van der Waals surface area contributed by atoms with Gasteiger partial charge in [0.05, 0.1) is 7.11 Å². The number of aliphatic hydroxyl groups excluding tert-OH is 1. The van der Waals surface area contributed by atoms with E-state index >= 15 is 0 Å². The van der Waals surface area contributed by atoms with Crippen LogP contribution in [0.4, 0.5) is 5.69 Å². The molecule has 1 aromatic rings. The fourth-order valence-corrected chi connectivity index (χ4v) is 2.73. The summed E-state index contributed by atoms with van der Waals surface area (Å²) in [5, 5.41) is 12.0. The van der Waals surface area contributed by atoms with Gasteiger partial charge in [0.15, 0.2) is 0 Å². The maximum atomic E-state index is 12.0. The first-order valence-corrected chi connectivity index (χ1v) is 7.33. The van der Waals surface area contributed by atoms with Crippen LogP contribution in [-0.4, -0.2) is 37.4 Å². The van der Waals surface area contributed by atoms with Crippen molar-refractivity contribution in [2.24, 2.45) is 0 Å². The smallest absolute Gasteiger partial charge is 0.244 e. The molecule has 1 aromatic carbocycles. The molecule has 2 unspecified atom stereocenters. The second-order valence-corrected chi connectivity index (χ2v) is 5.81. The normalized spacial score (nSPS) is 22.1. The lowest BCUT2D eigenvalue weighted by molar-refractivity contribution is -0.128. The summed E-state index contributed by atoms with van der Waals surface area (Å²) in [6.07, 6.45) is 0.486. The van der Waals surface area contributed by atoms with Crippen LogP contribution in [0.3, 0.4) is 0 Å². The minimum atomic E-state index is -0.722. The third kappa shape index (κ3) is 3.29. The molecule has 0 aliphatic carbocycles. The summed E-state index contributed by atoms with van der Waals surface area (Å²) in [7, 11) is 3.56. The van der Waals surface area contributed by atoms with Crippen LogP contribution in [0.2, 0.25) is 0 Å². The van der Waals surface area contributed by atoms with Gasteiger partial charge in [-0.3, -0.25) is 4.79 Å². The molecule has 116 valence electrons. The molecule has 2 atom stereocenters. The minimum absolute atomic E-state index is 0.136. The summed E-state index contributed by atoms with van der Waals surface area (Å²) >= 11 is 0. The van der Waals surface area contributed by atoms with Crippen molar-refractivity contribution in [3.63, 3.8) is 0 Å². The molecule has 0 bridgehead atoms. The second-order valence-electron chi connectivity index (χ2n) is 5.81. The maximum absolute atomic E-state index is 12.0. The number of rotatable bonds is 4. The van der Waals surface area contributed by atoms with E-state index in [0.717, 1.165) is 17.0 Å². The van der Waals surface area contributed by atoms with E-state index in [2.05, 4.69) is 19.2 Å². The molecule has 2 rings (SSSR count). The molecule has 0 radical (unpaired) electrons. The number of nitrogens with zero attached hydrogens (tertiary/aromatic N) is 1. The molecular weight excluding hydrogens is 268 g/mol. The Kier molecular flexibility index (Phi) is 4.73. The molecule has 5 nitrogen and oxygen atoms in total. The number of benzene rings is 1. The average molecular weight is 292 g/mol. The maximum Gasteiger partial charge on any atom is 0.244 e. The van der Waals surface area contributed by atoms with E-state index in [1.54, 1.807) is 7.11 Å². The highest BCUT2D eigenvalue weighted by molar-refractivity contribution is 5.86. The van der Waals surface area contributed by atoms with Crippen LogP contribution in [0, 0.1) is 0 Å². The van der Waals surface area contributed by atoms with E-state index in [1.807, 2.05) is 30.1 Å². The van der Waals surface area contributed by atoms with Crippen LogP contribution < -0.4 is 15.0 Å². The molecule has 1 saturated heterocycles. The van der Waals surface area contributed by atoms with Gasteiger partial charge in [-0.25, -0.2) is 0 Å². The zero-order valence-corrected chi connectivity index (χ0v) is 13.1. The number of piperidine rings is 1. The monoisotopic (exact) mass is 292 g/mol. The van der Waals surface area contributed by atoms with Crippen LogP contribution in [0.25, 0.3) is 0 Å². The van der Waals surface area contributed by atoms with E-state index < -0.39 is 6.23 Å². The van der Waals surface area contributed by atoms with Gasteiger partial charge in [0.25, 0.3) is 0 Å². The lowest BCUT2D eigenvalue weighted by Crippen LogP contribution is -2.53. The van der Waals surface area contributed by atoms with Crippen molar-refractivity contribution in [2.75, 3.05) is 19.1 Å². The van der Waals surface area contributed by atoms with Crippen LogP contribution in [-0.2, 0) is 4.79 Å². The van der Waals surface area contributed by atoms with Gasteiger partial charge in [0.1, 0.15) is 18.0 Å². The van der Waals surface area contributed by atoms with Crippen molar-refractivity contribution in [3.05, 3.63) is 23.8 Å². The fourth-order valence-electron chi connectivity index (χ4n) is 2.73. The Bertz CT molecular complexity index is 516. The zero-order chi connectivity index (χ0) is 15.6.